The first-order valence-electron chi connectivity index (χ1n) is 11.3. The van der Waals surface area contributed by atoms with Gasteiger partial charge >= 0.3 is 11.9 Å². The van der Waals surface area contributed by atoms with Gasteiger partial charge in [-0.15, -0.1) is 23.5 Å². The van der Waals surface area contributed by atoms with Crippen LogP contribution in [0, 0.1) is 0 Å². The van der Waals surface area contributed by atoms with Crippen LogP contribution in [0.2, 0.25) is 0 Å². The molecule has 10 heteroatoms. The average molecular weight is 525 g/mol. The van der Waals surface area contributed by atoms with Crippen LogP contribution in [0.5, 0.6) is 11.5 Å². The second-order valence-corrected chi connectivity index (χ2v) is 9.77. The summed E-state index contributed by atoms with van der Waals surface area (Å²) in [6.07, 6.45) is 0. The van der Waals surface area contributed by atoms with Crippen molar-refractivity contribution in [1.29, 1.82) is 0 Å². The predicted molar refractivity (Wildman–Crippen MR) is 140 cm³/mol. The van der Waals surface area contributed by atoms with Gasteiger partial charge in [0.25, 0.3) is 0 Å². The third-order valence-corrected chi connectivity index (χ3v) is 7.48. The minimum absolute atomic E-state index is 0.0288. The van der Waals surface area contributed by atoms with Gasteiger partial charge in [0.05, 0.1) is 24.2 Å². The van der Waals surface area contributed by atoms with E-state index in [0.717, 1.165) is 9.79 Å². The standard InChI is InChI=1S/C26H24N2O6S2/c1-3-33-25(31)17-13-19(29)15-7-5-9-21(23(15)27-17)35-11-12-36-22-10-6-8-16-20(30)14-18(28-24(16)22)26(32)34-4-2/h5-10,13-14H,3-4,11-12H2,1-2H3,(H,27,29)(H,28,30). The van der Waals surface area contributed by atoms with E-state index in [0.29, 0.717) is 33.3 Å². The highest BCUT2D eigenvalue weighted by Gasteiger charge is 2.16. The molecule has 0 saturated heterocycles. The molecular formula is C26H24N2O6S2. The van der Waals surface area contributed by atoms with E-state index in [4.69, 9.17) is 9.47 Å². The Kier molecular flexibility index (Phi) is 8.17. The molecule has 0 saturated carbocycles. The zero-order valence-corrected chi connectivity index (χ0v) is 21.3. The number of nitrogens with zero attached hydrogens (tertiary/aromatic N) is 2. The van der Waals surface area contributed by atoms with Crippen LogP contribution < -0.4 is 0 Å². The van der Waals surface area contributed by atoms with Crippen molar-refractivity contribution < 1.29 is 29.3 Å². The molecule has 2 heterocycles. The van der Waals surface area contributed by atoms with E-state index in [1.165, 1.54) is 12.1 Å². The number of ether oxygens (including phenoxy) is 2. The van der Waals surface area contributed by atoms with Crippen LogP contribution in [0.15, 0.2) is 58.3 Å². The minimum atomic E-state index is -0.584. The number of carbonyl (C=O) groups is 2. The zero-order chi connectivity index (χ0) is 25.7. The van der Waals surface area contributed by atoms with Crippen LogP contribution in [0.4, 0.5) is 0 Å². The van der Waals surface area contributed by atoms with Gasteiger partial charge in [-0.05, 0) is 38.1 Å². The Morgan fingerprint density at radius 3 is 1.56 bits per heavy atom. The molecule has 2 aromatic heterocycles. The van der Waals surface area contributed by atoms with Crippen molar-refractivity contribution in [3.05, 3.63) is 59.9 Å². The minimum Gasteiger partial charge on any atom is -0.507 e. The fourth-order valence-corrected chi connectivity index (χ4v) is 5.60. The Hall–Kier alpha value is -3.50. The number of hydrogen-bond donors (Lipinski definition) is 2. The summed E-state index contributed by atoms with van der Waals surface area (Å²) in [6.45, 7) is 3.86. The smallest absolute Gasteiger partial charge is 0.357 e. The number of aromatic hydroxyl groups is 2. The molecule has 0 atom stereocenters. The predicted octanol–water partition coefficient (Wildman–Crippen LogP) is 5.43. The number of aromatic nitrogens is 2. The van der Waals surface area contributed by atoms with Crippen molar-refractivity contribution in [3.63, 3.8) is 0 Å². The van der Waals surface area contributed by atoms with Gasteiger partial charge in [-0.2, -0.15) is 0 Å². The molecule has 0 bridgehead atoms. The monoisotopic (exact) mass is 524 g/mol. The lowest BCUT2D eigenvalue weighted by molar-refractivity contribution is 0.0510. The van der Waals surface area contributed by atoms with E-state index < -0.39 is 11.9 Å². The molecule has 186 valence electrons. The first-order valence-corrected chi connectivity index (χ1v) is 13.2. The van der Waals surface area contributed by atoms with Crippen LogP contribution >= 0.6 is 23.5 Å². The molecule has 0 unspecified atom stereocenters. The van der Waals surface area contributed by atoms with Crippen molar-refractivity contribution in [2.45, 2.75) is 23.6 Å². The van der Waals surface area contributed by atoms with Gasteiger partial charge in [0.2, 0.25) is 0 Å². The lowest BCUT2D eigenvalue weighted by Crippen LogP contribution is -2.07. The number of thioether (sulfide) groups is 2. The summed E-state index contributed by atoms with van der Waals surface area (Å²) in [5.74, 6) is 0.154. The fourth-order valence-electron chi connectivity index (χ4n) is 3.56. The molecule has 0 spiro atoms. The third kappa shape index (κ3) is 5.50. The van der Waals surface area contributed by atoms with Crippen LogP contribution in [-0.2, 0) is 9.47 Å². The van der Waals surface area contributed by atoms with E-state index >= 15 is 0 Å². The molecular weight excluding hydrogens is 500 g/mol. The molecule has 36 heavy (non-hydrogen) atoms. The molecule has 0 aliphatic heterocycles. The Labute approximate surface area is 216 Å². The van der Waals surface area contributed by atoms with E-state index in [1.54, 1.807) is 49.5 Å². The molecule has 0 amide bonds. The van der Waals surface area contributed by atoms with Crippen LogP contribution in [0.1, 0.15) is 34.8 Å². The molecule has 0 radical (unpaired) electrons. The highest BCUT2D eigenvalue weighted by Crippen LogP contribution is 2.35. The van der Waals surface area contributed by atoms with Crippen molar-refractivity contribution in [2.24, 2.45) is 0 Å². The van der Waals surface area contributed by atoms with Crippen molar-refractivity contribution in [2.75, 3.05) is 24.7 Å². The maximum absolute atomic E-state index is 12.1. The number of esters is 2. The lowest BCUT2D eigenvalue weighted by atomic mass is 10.2. The van der Waals surface area contributed by atoms with Crippen LogP contribution in [-0.4, -0.2) is 56.8 Å². The first kappa shape index (κ1) is 25.6. The van der Waals surface area contributed by atoms with Gasteiger partial charge in [-0.3, -0.25) is 0 Å². The Bertz CT molecular complexity index is 1330. The molecule has 0 aliphatic rings. The molecule has 4 rings (SSSR count). The summed E-state index contributed by atoms with van der Waals surface area (Å²) in [7, 11) is 0. The SMILES string of the molecule is CCOC(=O)c1cc(O)c2cccc(SCCSc3cccc4c(O)cc(C(=O)OCC)nc34)c2n1. The van der Waals surface area contributed by atoms with Gasteiger partial charge in [0, 0.05) is 44.2 Å². The summed E-state index contributed by atoms with van der Waals surface area (Å²) in [5, 5.41) is 21.9. The number of para-hydroxylation sites is 2. The number of pyridine rings is 2. The second kappa shape index (κ2) is 11.5. The quantitative estimate of drug-likeness (QED) is 0.167. The number of benzene rings is 2. The highest BCUT2D eigenvalue weighted by atomic mass is 32.2. The van der Waals surface area contributed by atoms with E-state index in [-0.39, 0.29) is 36.1 Å². The molecule has 0 aliphatic carbocycles. The van der Waals surface area contributed by atoms with Gasteiger partial charge in [-0.25, -0.2) is 19.6 Å². The molecule has 4 aromatic rings. The van der Waals surface area contributed by atoms with Gasteiger partial charge in [-0.1, -0.05) is 12.1 Å². The second-order valence-electron chi connectivity index (χ2n) is 7.50. The normalized spacial score (nSPS) is 11.1. The Morgan fingerprint density at radius 1 is 0.750 bits per heavy atom. The van der Waals surface area contributed by atoms with Crippen molar-refractivity contribution in [3.8, 4) is 11.5 Å². The van der Waals surface area contributed by atoms with Crippen LogP contribution in [0.25, 0.3) is 21.8 Å². The van der Waals surface area contributed by atoms with Crippen molar-refractivity contribution in [1.82, 2.24) is 9.97 Å². The number of fused-ring (bicyclic) bond motifs is 2. The van der Waals surface area contributed by atoms with E-state index in [9.17, 15) is 19.8 Å². The summed E-state index contributed by atoms with van der Waals surface area (Å²) in [6, 6.07) is 13.6. The number of carbonyl (C=O) groups excluding carboxylic acids is 2. The summed E-state index contributed by atoms with van der Waals surface area (Å²) in [5.41, 5.74) is 1.18. The van der Waals surface area contributed by atoms with Crippen LogP contribution in [0.3, 0.4) is 0 Å². The first-order chi connectivity index (χ1) is 17.4. The summed E-state index contributed by atoms with van der Waals surface area (Å²) in [4.78, 5) is 34.8. The largest absolute Gasteiger partial charge is 0.507 e. The number of rotatable bonds is 9. The Morgan fingerprint density at radius 2 is 1.17 bits per heavy atom. The van der Waals surface area contributed by atoms with Gasteiger partial charge in [0.15, 0.2) is 11.4 Å². The summed E-state index contributed by atoms with van der Waals surface area (Å²) < 4.78 is 10.0. The van der Waals surface area contributed by atoms with Gasteiger partial charge < -0.3 is 19.7 Å². The molecule has 2 N–H and O–H groups in total. The molecule has 0 fully saturated rings. The Balaban J connectivity index is 1.52. The average Bonchev–Trinajstić information content (AvgIpc) is 2.87. The van der Waals surface area contributed by atoms with E-state index in [2.05, 4.69) is 9.97 Å². The maximum Gasteiger partial charge on any atom is 0.357 e. The molecule has 2 aromatic carbocycles. The fraction of sp³-hybridized carbons (Fsp3) is 0.231. The highest BCUT2D eigenvalue weighted by molar-refractivity contribution is 8.03. The topological polar surface area (TPSA) is 119 Å². The molecule has 8 nitrogen and oxygen atoms in total. The maximum atomic E-state index is 12.1. The van der Waals surface area contributed by atoms with Gasteiger partial charge in [0.1, 0.15) is 11.5 Å². The lowest BCUT2D eigenvalue weighted by Gasteiger charge is -2.10. The summed E-state index contributed by atoms with van der Waals surface area (Å²) >= 11 is 3.09. The van der Waals surface area contributed by atoms with Crippen molar-refractivity contribution >= 4 is 57.3 Å². The zero-order valence-electron chi connectivity index (χ0n) is 19.7. The third-order valence-electron chi connectivity index (χ3n) is 5.13. The number of hydrogen-bond acceptors (Lipinski definition) is 10. The van der Waals surface area contributed by atoms with E-state index in [1.807, 2.05) is 24.3 Å².